The Bertz CT molecular complexity index is 1200. The van der Waals surface area contributed by atoms with Gasteiger partial charge in [0.2, 0.25) is 5.43 Å². The van der Waals surface area contributed by atoms with Crippen LogP contribution in [0.1, 0.15) is 34.5 Å². The minimum Gasteiger partial charge on any atom is -0.493 e. The third-order valence-corrected chi connectivity index (χ3v) is 6.01. The number of nitrogens with one attached hydrogen (secondary N) is 1. The molecule has 30 heavy (non-hydrogen) atoms. The predicted molar refractivity (Wildman–Crippen MR) is 120 cm³/mol. The van der Waals surface area contributed by atoms with Crippen LogP contribution in [-0.4, -0.2) is 31.2 Å². The lowest BCUT2D eigenvalue weighted by Gasteiger charge is -2.13. The van der Waals surface area contributed by atoms with E-state index in [1.54, 1.807) is 26.5 Å². The first kappa shape index (κ1) is 20.5. The molecule has 4 rings (SSSR count). The number of halogens is 1. The number of rotatable bonds is 6. The molecule has 1 aromatic heterocycles. The van der Waals surface area contributed by atoms with E-state index in [9.17, 15) is 9.59 Å². The number of aromatic nitrogens is 1. The number of carbonyl (C=O) groups excluding carboxylic acids is 1. The molecule has 1 amide bonds. The van der Waals surface area contributed by atoms with Gasteiger partial charge < -0.3 is 19.4 Å². The van der Waals surface area contributed by atoms with Crippen molar-refractivity contribution in [3.8, 4) is 11.5 Å². The molecule has 6 nitrogen and oxygen atoms in total. The Morgan fingerprint density at radius 3 is 2.70 bits per heavy atom. The van der Waals surface area contributed by atoms with Crippen LogP contribution in [0.15, 0.2) is 45.8 Å². The van der Waals surface area contributed by atoms with Crippen molar-refractivity contribution in [2.45, 2.75) is 25.8 Å². The van der Waals surface area contributed by atoms with Crippen molar-refractivity contribution < 1.29 is 14.3 Å². The molecule has 0 saturated heterocycles. The maximum Gasteiger partial charge on any atom is 0.256 e. The standard InChI is InChI=1S/C23H23BrN2O4/c1-13-8-15-10-16(24)11-17-21(15)26(13)12-18(22(17)27)23(28)25-7-6-14-4-5-19(29-2)20(9-14)30-3/h4-5,9-13H,6-8H2,1-3H3,(H,25,28). The monoisotopic (exact) mass is 470 g/mol. The highest BCUT2D eigenvalue weighted by Gasteiger charge is 2.25. The molecule has 156 valence electrons. The van der Waals surface area contributed by atoms with Crippen molar-refractivity contribution in [2.24, 2.45) is 0 Å². The number of amides is 1. The van der Waals surface area contributed by atoms with E-state index in [4.69, 9.17) is 9.47 Å². The summed E-state index contributed by atoms with van der Waals surface area (Å²) in [4.78, 5) is 25.8. The zero-order valence-corrected chi connectivity index (χ0v) is 18.7. The molecular formula is C23H23BrN2O4. The number of ether oxygens (including phenoxy) is 2. The Labute approximate surface area is 182 Å². The van der Waals surface area contributed by atoms with Crippen molar-refractivity contribution >= 4 is 32.7 Å². The highest BCUT2D eigenvalue weighted by atomic mass is 79.9. The van der Waals surface area contributed by atoms with Crippen LogP contribution < -0.4 is 20.2 Å². The van der Waals surface area contributed by atoms with Gasteiger partial charge in [-0.3, -0.25) is 9.59 Å². The normalized spacial score (nSPS) is 14.7. The molecule has 0 spiro atoms. The Hall–Kier alpha value is -2.80. The Morgan fingerprint density at radius 2 is 1.97 bits per heavy atom. The molecule has 0 fully saturated rings. The minimum absolute atomic E-state index is 0.174. The molecule has 1 N–H and O–H groups in total. The molecule has 1 aliphatic heterocycles. The van der Waals surface area contributed by atoms with E-state index in [0.717, 1.165) is 27.5 Å². The third-order valence-electron chi connectivity index (χ3n) is 5.55. The second kappa shape index (κ2) is 8.14. The van der Waals surface area contributed by atoms with E-state index >= 15 is 0 Å². The zero-order chi connectivity index (χ0) is 21.4. The number of methoxy groups -OCH3 is 2. The van der Waals surface area contributed by atoms with Crippen molar-refractivity contribution in [3.63, 3.8) is 0 Å². The van der Waals surface area contributed by atoms with Gasteiger partial charge in [-0.15, -0.1) is 0 Å². The van der Waals surface area contributed by atoms with E-state index in [1.807, 2.05) is 28.8 Å². The Morgan fingerprint density at radius 1 is 1.20 bits per heavy atom. The van der Waals surface area contributed by atoms with Gasteiger partial charge in [-0.05, 0) is 55.2 Å². The molecule has 1 aliphatic rings. The molecular weight excluding hydrogens is 448 g/mol. The highest BCUT2D eigenvalue weighted by Crippen LogP contribution is 2.33. The summed E-state index contributed by atoms with van der Waals surface area (Å²) in [6.45, 7) is 2.50. The van der Waals surface area contributed by atoms with Gasteiger partial charge in [0.1, 0.15) is 5.56 Å². The molecule has 2 aromatic carbocycles. The van der Waals surface area contributed by atoms with Gasteiger partial charge in [0.05, 0.1) is 19.7 Å². The van der Waals surface area contributed by atoms with Crippen LogP contribution in [0.5, 0.6) is 11.5 Å². The first-order valence-electron chi connectivity index (χ1n) is 9.79. The van der Waals surface area contributed by atoms with E-state index in [-0.39, 0.29) is 22.9 Å². The average Bonchev–Trinajstić information content (AvgIpc) is 3.05. The number of benzene rings is 2. The van der Waals surface area contributed by atoms with Crippen LogP contribution in [0.2, 0.25) is 0 Å². The zero-order valence-electron chi connectivity index (χ0n) is 17.1. The fourth-order valence-electron chi connectivity index (χ4n) is 4.07. The molecule has 0 aliphatic carbocycles. The summed E-state index contributed by atoms with van der Waals surface area (Å²) in [5, 5.41) is 3.46. The van der Waals surface area contributed by atoms with Crippen LogP contribution in [0.25, 0.3) is 10.9 Å². The molecule has 0 saturated carbocycles. The number of carbonyl (C=O) groups is 1. The first-order valence-corrected chi connectivity index (χ1v) is 10.6. The maximum atomic E-state index is 13.0. The summed E-state index contributed by atoms with van der Waals surface area (Å²) < 4.78 is 13.5. The first-order chi connectivity index (χ1) is 14.4. The second-order valence-corrected chi connectivity index (χ2v) is 8.40. The quantitative estimate of drug-likeness (QED) is 0.593. The van der Waals surface area contributed by atoms with Gasteiger partial charge in [0.15, 0.2) is 11.5 Å². The largest absolute Gasteiger partial charge is 0.493 e. The molecule has 7 heteroatoms. The lowest BCUT2D eigenvalue weighted by Crippen LogP contribution is -2.31. The summed E-state index contributed by atoms with van der Waals surface area (Å²) in [7, 11) is 3.18. The van der Waals surface area contributed by atoms with Gasteiger partial charge in [-0.2, -0.15) is 0 Å². The molecule has 3 aromatic rings. The van der Waals surface area contributed by atoms with Crippen LogP contribution in [0, 0.1) is 0 Å². The lowest BCUT2D eigenvalue weighted by atomic mass is 10.1. The Balaban J connectivity index is 1.55. The predicted octanol–water partition coefficient (Wildman–Crippen LogP) is 3.87. The molecule has 1 unspecified atom stereocenters. The number of pyridine rings is 1. The third kappa shape index (κ3) is 3.58. The average molecular weight is 471 g/mol. The van der Waals surface area contributed by atoms with E-state index in [0.29, 0.717) is 29.9 Å². The molecule has 2 heterocycles. The van der Waals surface area contributed by atoms with Gasteiger partial charge >= 0.3 is 0 Å². The highest BCUT2D eigenvalue weighted by molar-refractivity contribution is 9.10. The number of hydrogen-bond donors (Lipinski definition) is 1. The SMILES string of the molecule is COc1ccc(CCNC(=O)c2cn3c4c(cc(Br)cc4c2=O)CC3C)cc1OC. The van der Waals surface area contributed by atoms with Crippen molar-refractivity contribution in [1.29, 1.82) is 0 Å². The number of nitrogens with zero attached hydrogens (tertiary/aromatic N) is 1. The summed E-state index contributed by atoms with van der Waals surface area (Å²) in [6, 6.07) is 9.71. The summed E-state index contributed by atoms with van der Waals surface area (Å²) in [6.07, 6.45) is 3.16. The summed E-state index contributed by atoms with van der Waals surface area (Å²) >= 11 is 3.48. The smallest absolute Gasteiger partial charge is 0.256 e. The van der Waals surface area contributed by atoms with Crippen molar-refractivity contribution in [1.82, 2.24) is 9.88 Å². The van der Waals surface area contributed by atoms with Gasteiger partial charge in [-0.25, -0.2) is 0 Å². The fourth-order valence-corrected chi connectivity index (χ4v) is 4.58. The van der Waals surface area contributed by atoms with Crippen molar-refractivity contribution in [2.75, 3.05) is 20.8 Å². The molecule has 1 atom stereocenters. The molecule has 0 bridgehead atoms. The van der Waals surface area contributed by atoms with E-state index in [1.165, 1.54) is 0 Å². The van der Waals surface area contributed by atoms with E-state index in [2.05, 4.69) is 28.2 Å². The lowest BCUT2D eigenvalue weighted by molar-refractivity contribution is 0.0952. The number of hydrogen-bond acceptors (Lipinski definition) is 4. The van der Waals surface area contributed by atoms with Crippen LogP contribution in [0.4, 0.5) is 0 Å². The van der Waals surface area contributed by atoms with Gasteiger partial charge in [0, 0.05) is 28.6 Å². The van der Waals surface area contributed by atoms with Crippen LogP contribution in [0.3, 0.4) is 0 Å². The van der Waals surface area contributed by atoms with Gasteiger partial charge in [0.25, 0.3) is 5.91 Å². The van der Waals surface area contributed by atoms with Crippen LogP contribution in [-0.2, 0) is 12.8 Å². The Kier molecular flexibility index (Phi) is 5.56. The van der Waals surface area contributed by atoms with E-state index < -0.39 is 0 Å². The minimum atomic E-state index is -0.355. The topological polar surface area (TPSA) is 69.6 Å². The summed E-state index contributed by atoms with van der Waals surface area (Å²) in [5.41, 5.74) is 3.00. The molecule has 0 radical (unpaired) electrons. The second-order valence-electron chi connectivity index (χ2n) is 7.49. The fraction of sp³-hybridized carbons (Fsp3) is 0.304. The van der Waals surface area contributed by atoms with Crippen molar-refractivity contribution in [3.05, 3.63) is 67.9 Å². The summed E-state index contributed by atoms with van der Waals surface area (Å²) in [5.74, 6) is 0.950. The van der Waals surface area contributed by atoms with Gasteiger partial charge in [-0.1, -0.05) is 22.0 Å². The maximum absolute atomic E-state index is 13.0. The van der Waals surface area contributed by atoms with Crippen LogP contribution >= 0.6 is 15.9 Å².